The van der Waals surface area contributed by atoms with Gasteiger partial charge in [0, 0.05) is 31.2 Å². The fourth-order valence-corrected chi connectivity index (χ4v) is 3.55. The number of amides is 1. The van der Waals surface area contributed by atoms with Crippen molar-refractivity contribution in [3.8, 4) is 0 Å². The van der Waals surface area contributed by atoms with Crippen LogP contribution < -0.4 is 10.2 Å². The molecule has 4 nitrogen and oxygen atoms in total. The summed E-state index contributed by atoms with van der Waals surface area (Å²) in [7, 11) is 0. The van der Waals surface area contributed by atoms with Crippen molar-refractivity contribution in [2.24, 2.45) is 0 Å². The summed E-state index contributed by atoms with van der Waals surface area (Å²) in [6.07, 6.45) is 0. The highest BCUT2D eigenvalue weighted by Gasteiger charge is 2.21. The Morgan fingerprint density at radius 2 is 1.77 bits per heavy atom. The Balaban J connectivity index is 1.49. The molecule has 0 spiro atoms. The zero-order chi connectivity index (χ0) is 18.5. The molecule has 1 heterocycles. The highest BCUT2D eigenvalue weighted by atomic mass is 35.5. The number of halogens is 2. The predicted octanol–water partition coefficient (Wildman–Crippen LogP) is 3.48. The van der Waals surface area contributed by atoms with Crippen LogP contribution in [0.1, 0.15) is 18.5 Å². The molecule has 1 atom stereocenters. The van der Waals surface area contributed by atoms with Crippen molar-refractivity contribution in [3.05, 3.63) is 64.9 Å². The van der Waals surface area contributed by atoms with Crippen LogP contribution in [0.4, 0.5) is 10.1 Å². The van der Waals surface area contributed by atoms with Gasteiger partial charge in [-0.25, -0.2) is 4.39 Å². The van der Waals surface area contributed by atoms with Crippen LogP contribution in [0.25, 0.3) is 0 Å². The molecule has 26 heavy (non-hydrogen) atoms. The number of benzene rings is 2. The second-order valence-corrected chi connectivity index (χ2v) is 6.93. The summed E-state index contributed by atoms with van der Waals surface area (Å²) in [5.41, 5.74) is 1.54. The van der Waals surface area contributed by atoms with Gasteiger partial charge in [-0.1, -0.05) is 41.9 Å². The van der Waals surface area contributed by atoms with Gasteiger partial charge < -0.3 is 10.2 Å². The average Bonchev–Trinajstić information content (AvgIpc) is 2.63. The fourth-order valence-electron chi connectivity index (χ4n) is 3.25. The molecule has 6 heteroatoms. The first-order valence-corrected chi connectivity index (χ1v) is 9.18. The molecule has 1 aliphatic heterocycles. The summed E-state index contributed by atoms with van der Waals surface area (Å²) >= 11 is 6.18. The van der Waals surface area contributed by atoms with E-state index in [1.165, 1.54) is 6.07 Å². The maximum absolute atomic E-state index is 13.9. The molecule has 2 aromatic carbocycles. The average molecular weight is 376 g/mol. The number of piperazine rings is 1. The number of nitrogens with one attached hydrogen (secondary N) is 1. The van der Waals surface area contributed by atoms with Gasteiger partial charge in [0.05, 0.1) is 18.3 Å². The Morgan fingerprint density at radius 3 is 2.46 bits per heavy atom. The molecular formula is C20H23ClFN3O. The normalized spacial score (nSPS) is 16.3. The summed E-state index contributed by atoms with van der Waals surface area (Å²) in [6.45, 7) is 5.11. The molecule has 1 amide bonds. The number of para-hydroxylation sites is 1. The lowest BCUT2D eigenvalue weighted by atomic mass is 10.1. The van der Waals surface area contributed by atoms with E-state index in [1.54, 1.807) is 12.1 Å². The number of rotatable bonds is 5. The summed E-state index contributed by atoms with van der Waals surface area (Å²) in [5.74, 6) is -0.232. The minimum atomic E-state index is -0.202. The van der Waals surface area contributed by atoms with Crippen molar-refractivity contribution < 1.29 is 9.18 Å². The third kappa shape index (κ3) is 4.54. The molecule has 2 aromatic rings. The lowest BCUT2D eigenvalue weighted by molar-refractivity contribution is -0.123. The van der Waals surface area contributed by atoms with Crippen LogP contribution in [0.15, 0.2) is 48.5 Å². The van der Waals surface area contributed by atoms with E-state index in [1.807, 2.05) is 42.2 Å². The largest absolute Gasteiger partial charge is 0.367 e. The van der Waals surface area contributed by atoms with Gasteiger partial charge in [-0.15, -0.1) is 0 Å². The third-order valence-electron chi connectivity index (χ3n) is 4.68. The van der Waals surface area contributed by atoms with Crippen LogP contribution in [0.2, 0.25) is 5.02 Å². The Morgan fingerprint density at radius 1 is 1.12 bits per heavy atom. The van der Waals surface area contributed by atoms with Crippen LogP contribution >= 0.6 is 11.6 Å². The lowest BCUT2D eigenvalue weighted by Crippen LogP contribution is -2.49. The zero-order valence-electron chi connectivity index (χ0n) is 14.8. The molecule has 3 rings (SSSR count). The number of carbonyl (C=O) groups is 1. The van der Waals surface area contributed by atoms with Crippen LogP contribution in [0, 0.1) is 5.82 Å². The first-order valence-electron chi connectivity index (χ1n) is 8.80. The van der Waals surface area contributed by atoms with E-state index >= 15 is 0 Å². The van der Waals surface area contributed by atoms with Gasteiger partial charge in [0.2, 0.25) is 5.91 Å². The summed E-state index contributed by atoms with van der Waals surface area (Å²) in [6, 6.07) is 14.2. The van der Waals surface area contributed by atoms with Crippen molar-refractivity contribution in [2.45, 2.75) is 13.0 Å². The van der Waals surface area contributed by atoms with Crippen LogP contribution in [-0.2, 0) is 4.79 Å². The zero-order valence-corrected chi connectivity index (χ0v) is 15.5. The van der Waals surface area contributed by atoms with E-state index in [0.717, 1.165) is 18.7 Å². The van der Waals surface area contributed by atoms with Crippen molar-refractivity contribution >= 4 is 23.2 Å². The third-order valence-corrected chi connectivity index (χ3v) is 5.03. The maximum atomic E-state index is 13.9. The number of nitrogens with zero attached hydrogens (tertiary/aromatic N) is 2. The molecule has 138 valence electrons. The molecule has 0 bridgehead atoms. The van der Waals surface area contributed by atoms with Crippen molar-refractivity contribution in [1.29, 1.82) is 0 Å². The molecule has 1 unspecified atom stereocenters. The van der Waals surface area contributed by atoms with Gasteiger partial charge >= 0.3 is 0 Å². The quantitative estimate of drug-likeness (QED) is 0.869. The Bertz CT molecular complexity index is 762. The molecular weight excluding hydrogens is 353 g/mol. The Hall–Kier alpha value is -2.11. The minimum absolute atomic E-state index is 0.0308. The van der Waals surface area contributed by atoms with Crippen LogP contribution in [0.3, 0.4) is 0 Å². The van der Waals surface area contributed by atoms with E-state index < -0.39 is 0 Å². The minimum Gasteiger partial charge on any atom is -0.367 e. The van der Waals surface area contributed by atoms with Crippen LogP contribution in [0.5, 0.6) is 0 Å². The van der Waals surface area contributed by atoms with Gasteiger partial charge in [-0.3, -0.25) is 9.69 Å². The van der Waals surface area contributed by atoms with E-state index in [4.69, 9.17) is 11.6 Å². The molecule has 1 aliphatic rings. The highest BCUT2D eigenvalue weighted by Crippen LogP contribution is 2.22. The number of anilines is 1. The molecule has 1 saturated heterocycles. The highest BCUT2D eigenvalue weighted by molar-refractivity contribution is 6.31. The first kappa shape index (κ1) is 18.7. The van der Waals surface area contributed by atoms with Gasteiger partial charge in [-0.2, -0.15) is 0 Å². The molecule has 0 radical (unpaired) electrons. The van der Waals surface area contributed by atoms with Crippen molar-refractivity contribution in [3.63, 3.8) is 0 Å². The number of carbonyl (C=O) groups excluding carboxylic acids is 1. The Labute approximate surface area is 158 Å². The van der Waals surface area contributed by atoms with Crippen LogP contribution in [-0.4, -0.2) is 43.5 Å². The molecule has 1 fully saturated rings. The monoisotopic (exact) mass is 375 g/mol. The van der Waals surface area contributed by atoms with E-state index in [0.29, 0.717) is 30.3 Å². The molecule has 0 aromatic heterocycles. The number of hydrogen-bond acceptors (Lipinski definition) is 3. The SMILES string of the molecule is CC(NC(=O)CN1CCN(c2ccccc2F)CC1)c1ccccc1Cl. The summed E-state index contributed by atoms with van der Waals surface area (Å²) in [4.78, 5) is 16.5. The van der Waals surface area contributed by atoms with E-state index in [9.17, 15) is 9.18 Å². The second-order valence-electron chi connectivity index (χ2n) is 6.53. The topological polar surface area (TPSA) is 35.6 Å². The summed E-state index contributed by atoms with van der Waals surface area (Å²) < 4.78 is 13.9. The molecule has 1 N–H and O–H groups in total. The van der Waals surface area contributed by atoms with Gasteiger partial charge in [0.1, 0.15) is 5.82 Å². The standard InChI is InChI=1S/C20H23ClFN3O/c1-15(16-6-2-3-7-17(16)21)23-20(26)14-24-10-12-25(13-11-24)19-9-5-4-8-18(19)22/h2-9,15H,10-14H2,1H3,(H,23,26). The number of hydrogen-bond donors (Lipinski definition) is 1. The predicted molar refractivity (Wildman–Crippen MR) is 103 cm³/mol. The fraction of sp³-hybridized carbons (Fsp3) is 0.350. The smallest absolute Gasteiger partial charge is 0.234 e. The molecule has 0 aliphatic carbocycles. The maximum Gasteiger partial charge on any atom is 0.234 e. The Kier molecular flexibility index (Phi) is 6.12. The van der Waals surface area contributed by atoms with E-state index in [2.05, 4.69) is 10.2 Å². The van der Waals surface area contributed by atoms with Crippen molar-refractivity contribution in [2.75, 3.05) is 37.6 Å². The van der Waals surface area contributed by atoms with Crippen molar-refractivity contribution in [1.82, 2.24) is 10.2 Å². The van der Waals surface area contributed by atoms with E-state index in [-0.39, 0.29) is 17.8 Å². The van der Waals surface area contributed by atoms with Gasteiger partial charge in [0.25, 0.3) is 0 Å². The lowest BCUT2D eigenvalue weighted by Gasteiger charge is -2.36. The second kappa shape index (κ2) is 8.52. The first-order chi connectivity index (χ1) is 12.5. The van der Waals surface area contributed by atoms with Gasteiger partial charge in [-0.05, 0) is 30.7 Å². The summed E-state index contributed by atoms with van der Waals surface area (Å²) in [5, 5.41) is 3.65. The van der Waals surface area contributed by atoms with Gasteiger partial charge in [0.15, 0.2) is 0 Å². The molecule has 0 saturated carbocycles.